The summed E-state index contributed by atoms with van der Waals surface area (Å²) in [6, 6.07) is -0.634. The van der Waals surface area contributed by atoms with Crippen LogP contribution in [-0.4, -0.2) is 46.9 Å². The molecule has 8 nitrogen and oxygen atoms in total. The maximum atomic E-state index is 11.3. The van der Waals surface area contributed by atoms with E-state index in [-0.39, 0.29) is 18.9 Å². The summed E-state index contributed by atoms with van der Waals surface area (Å²) >= 11 is 0. The van der Waals surface area contributed by atoms with Crippen LogP contribution in [0.3, 0.4) is 0 Å². The second kappa shape index (κ2) is 6.70. The zero-order valence-electron chi connectivity index (χ0n) is 11.9. The third kappa shape index (κ3) is 3.81. The summed E-state index contributed by atoms with van der Waals surface area (Å²) < 4.78 is 10.9. The first kappa shape index (κ1) is 15.5. The highest BCUT2D eigenvalue weighted by Gasteiger charge is 2.31. The zero-order valence-corrected chi connectivity index (χ0v) is 11.9. The van der Waals surface area contributed by atoms with Gasteiger partial charge in [-0.2, -0.15) is 0 Å². The van der Waals surface area contributed by atoms with Gasteiger partial charge in [-0.3, -0.25) is 15.5 Å². The lowest BCUT2D eigenvalue weighted by molar-refractivity contribution is -0.149. The van der Waals surface area contributed by atoms with Crippen LogP contribution in [0.25, 0.3) is 0 Å². The molecular weight excluding hydrogens is 276 g/mol. The molecule has 3 atom stereocenters. The first-order valence-electron chi connectivity index (χ1n) is 6.73. The predicted molar refractivity (Wildman–Crippen MR) is 75.0 cm³/mol. The van der Waals surface area contributed by atoms with Gasteiger partial charge in [0.1, 0.15) is 24.7 Å². The fraction of sp³-hybridized carbons (Fsp3) is 0.538. The summed E-state index contributed by atoms with van der Waals surface area (Å²) in [6.45, 7) is 5.58. The Balaban J connectivity index is 1.83. The Hall–Kier alpha value is -1.90. The highest BCUT2D eigenvalue weighted by atomic mass is 16.6. The average Bonchev–Trinajstić information content (AvgIpc) is 2.92. The van der Waals surface area contributed by atoms with Crippen LogP contribution < -0.4 is 11.2 Å². The summed E-state index contributed by atoms with van der Waals surface area (Å²) in [6.07, 6.45) is 4.50. The van der Waals surface area contributed by atoms with Gasteiger partial charge in [0.25, 0.3) is 0 Å². The molecule has 0 amide bonds. The molecule has 21 heavy (non-hydrogen) atoms. The fourth-order valence-electron chi connectivity index (χ4n) is 2.12. The Morgan fingerprint density at radius 2 is 2.52 bits per heavy atom. The number of carbonyl (C=O) groups excluding carboxylic acids is 1. The summed E-state index contributed by atoms with van der Waals surface area (Å²) in [7, 11) is 0. The third-order valence-corrected chi connectivity index (χ3v) is 3.23. The summed E-state index contributed by atoms with van der Waals surface area (Å²) in [5.74, 6) is 0.344. The number of hydrogen-bond donors (Lipinski definition) is 3. The number of hydroxylamine groups is 1. The van der Waals surface area contributed by atoms with Crippen LogP contribution >= 0.6 is 0 Å². The maximum Gasteiger partial charge on any atom is 0.322 e. The molecule has 8 heteroatoms. The van der Waals surface area contributed by atoms with Crippen LogP contribution in [0.2, 0.25) is 0 Å². The molecule has 0 saturated carbocycles. The highest BCUT2D eigenvalue weighted by Crippen LogP contribution is 2.27. The van der Waals surface area contributed by atoms with Gasteiger partial charge in [-0.05, 0) is 25.8 Å². The molecule has 1 fully saturated rings. The molecule has 3 unspecified atom stereocenters. The Bertz CT molecular complexity index is 475. The van der Waals surface area contributed by atoms with Crippen LogP contribution in [0.1, 0.15) is 19.8 Å². The van der Waals surface area contributed by atoms with Crippen molar-refractivity contribution in [3.63, 3.8) is 0 Å². The van der Waals surface area contributed by atoms with E-state index in [9.17, 15) is 4.79 Å². The van der Waals surface area contributed by atoms with E-state index in [4.69, 9.17) is 20.4 Å². The number of aliphatic imine (C=N–C) groups is 1. The molecule has 2 aliphatic heterocycles. The fourth-order valence-corrected chi connectivity index (χ4v) is 2.12. The molecule has 116 valence electrons. The number of nitrogens with zero attached hydrogens (tertiary/aromatic N) is 2. The molecule has 0 aromatic carbocycles. The average molecular weight is 296 g/mol. The number of amidine groups is 1. The van der Waals surface area contributed by atoms with Gasteiger partial charge in [-0.25, -0.2) is 4.99 Å². The van der Waals surface area contributed by atoms with Crippen molar-refractivity contribution in [2.75, 3.05) is 6.61 Å². The van der Waals surface area contributed by atoms with E-state index in [1.54, 1.807) is 24.1 Å². The SMILES string of the molecule is C=C1N=C(NO)C=CN1C1CCC(COC(=O)C(C)N)O1. The topological polar surface area (TPSA) is 109 Å². The normalized spacial score (nSPS) is 26.5. The van der Waals surface area contributed by atoms with E-state index in [1.807, 2.05) is 5.48 Å². The minimum atomic E-state index is -0.634. The Labute approximate surface area is 122 Å². The molecule has 0 spiro atoms. The van der Waals surface area contributed by atoms with Gasteiger partial charge in [-0.1, -0.05) is 6.58 Å². The lowest BCUT2D eigenvalue weighted by Crippen LogP contribution is -2.35. The first-order chi connectivity index (χ1) is 10.0. The van der Waals surface area contributed by atoms with E-state index in [2.05, 4.69) is 11.6 Å². The lowest BCUT2D eigenvalue weighted by atomic mass is 10.2. The van der Waals surface area contributed by atoms with Crippen LogP contribution in [0.15, 0.2) is 29.7 Å². The summed E-state index contributed by atoms with van der Waals surface area (Å²) in [4.78, 5) is 17.2. The van der Waals surface area contributed by atoms with Gasteiger partial charge in [-0.15, -0.1) is 0 Å². The molecule has 2 heterocycles. The van der Waals surface area contributed by atoms with Gasteiger partial charge in [0, 0.05) is 6.20 Å². The zero-order chi connectivity index (χ0) is 15.4. The lowest BCUT2D eigenvalue weighted by Gasteiger charge is -2.29. The van der Waals surface area contributed by atoms with Crippen molar-refractivity contribution in [1.82, 2.24) is 10.4 Å². The maximum absolute atomic E-state index is 11.3. The van der Waals surface area contributed by atoms with Crippen molar-refractivity contribution >= 4 is 11.8 Å². The van der Waals surface area contributed by atoms with Gasteiger partial charge in [0.15, 0.2) is 5.84 Å². The molecule has 0 aliphatic carbocycles. The van der Waals surface area contributed by atoms with E-state index in [0.717, 1.165) is 12.8 Å². The van der Waals surface area contributed by atoms with Gasteiger partial charge >= 0.3 is 5.97 Å². The molecule has 0 aromatic heterocycles. The third-order valence-electron chi connectivity index (χ3n) is 3.23. The second-order valence-electron chi connectivity index (χ2n) is 4.96. The minimum Gasteiger partial charge on any atom is -0.462 e. The van der Waals surface area contributed by atoms with Gasteiger partial charge in [0.2, 0.25) is 0 Å². The number of hydrogen-bond acceptors (Lipinski definition) is 8. The van der Waals surface area contributed by atoms with Crippen molar-refractivity contribution in [1.29, 1.82) is 0 Å². The quantitative estimate of drug-likeness (QED) is 0.497. The first-order valence-corrected chi connectivity index (χ1v) is 6.73. The summed E-state index contributed by atoms with van der Waals surface area (Å²) in [5.41, 5.74) is 7.39. The second-order valence-corrected chi connectivity index (χ2v) is 4.96. The van der Waals surface area contributed by atoms with E-state index in [1.165, 1.54) is 0 Å². The van der Waals surface area contributed by atoms with Gasteiger partial charge in [0.05, 0.1) is 6.10 Å². The van der Waals surface area contributed by atoms with E-state index >= 15 is 0 Å². The van der Waals surface area contributed by atoms with E-state index < -0.39 is 12.0 Å². The van der Waals surface area contributed by atoms with Gasteiger partial charge < -0.3 is 20.1 Å². The predicted octanol–water partition coefficient (Wildman–Crippen LogP) is 0.0597. The number of ether oxygens (including phenoxy) is 2. The molecule has 2 aliphatic rings. The standard InChI is InChI=1S/C13H20N4O4/c1-8(14)13(18)20-7-10-3-4-12(21-10)17-6-5-11(16-19)15-9(17)2/h5-6,8,10,12,19H,2-4,7,14H2,1H3,(H,15,16). The van der Waals surface area contributed by atoms with Crippen molar-refractivity contribution < 1.29 is 19.5 Å². The van der Waals surface area contributed by atoms with Crippen molar-refractivity contribution in [3.05, 3.63) is 24.7 Å². The van der Waals surface area contributed by atoms with Crippen LogP contribution in [0.5, 0.6) is 0 Å². The van der Waals surface area contributed by atoms with Crippen molar-refractivity contribution in [3.8, 4) is 0 Å². The van der Waals surface area contributed by atoms with E-state index in [0.29, 0.717) is 11.7 Å². The molecule has 1 saturated heterocycles. The number of carbonyl (C=O) groups is 1. The van der Waals surface area contributed by atoms with Crippen molar-refractivity contribution in [2.45, 2.75) is 38.1 Å². The highest BCUT2D eigenvalue weighted by molar-refractivity contribution is 5.93. The summed E-state index contributed by atoms with van der Waals surface area (Å²) in [5, 5.41) is 8.79. The molecule has 4 N–H and O–H groups in total. The number of nitrogens with one attached hydrogen (secondary N) is 1. The number of esters is 1. The smallest absolute Gasteiger partial charge is 0.322 e. The van der Waals surface area contributed by atoms with Crippen LogP contribution in [0, 0.1) is 0 Å². The Kier molecular flexibility index (Phi) is 4.94. The number of rotatable bonds is 4. The largest absolute Gasteiger partial charge is 0.462 e. The molecule has 0 radical (unpaired) electrons. The number of nitrogens with two attached hydrogens (primary N) is 1. The van der Waals surface area contributed by atoms with Crippen molar-refractivity contribution in [2.24, 2.45) is 10.7 Å². The Morgan fingerprint density at radius 3 is 3.14 bits per heavy atom. The minimum absolute atomic E-state index is 0.166. The molecule has 2 rings (SSSR count). The van der Waals surface area contributed by atoms with Crippen LogP contribution in [-0.2, 0) is 14.3 Å². The Morgan fingerprint density at radius 1 is 1.76 bits per heavy atom. The van der Waals surface area contributed by atoms with Crippen LogP contribution in [0.4, 0.5) is 0 Å². The monoisotopic (exact) mass is 296 g/mol. The molecule has 0 aromatic rings. The molecular formula is C13H20N4O4. The molecule has 0 bridgehead atoms.